The van der Waals surface area contributed by atoms with E-state index in [-0.39, 0.29) is 12.3 Å². The third-order valence-corrected chi connectivity index (χ3v) is 12.2. The lowest BCUT2D eigenvalue weighted by molar-refractivity contribution is -0.303. The van der Waals surface area contributed by atoms with E-state index in [0.717, 1.165) is 49.8 Å². The van der Waals surface area contributed by atoms with Gasteiger partial charge < -0.3 is 50.2 Å². The number of unbranched alkanes of at least 4 members (excludes halogenated alkanes) is 22. The van der Waals surface area contributed by atoms with Gasteiger partial charge in [0.2, 0.25) is 5.91 Å². The molecule has 62 heavy (non-hydrogen) atoms. The van der Waals surface area contributed by atoms with Gasteiger partial charge in [0.05, 0.1) is 38.6 Å². The first-order chi connectivity index (χ1) is 30.2. The molecule has 0 aliphatic carbocycles. The van der Waals surface area contributed by atoms with Gasteiger partial charge in [-0.3, -0.25) is 9.48 Å². The van der Waals surface area contributed by atoms with Crippen LogP contribution in [0.5, 0.6) is 5.75 Å². The summed E-state index contributed by atoms with van der Waals surface area (Å²) in [6.07, 6.45) is 22.8. The van der Waals surface area contributed by atoms with Crippen LogP contribution in [0.2, 0.25) is 0 Å². The molecule has 1 aliphatic heterocycles. The summed E-state index contributed by atoms with van der Waals surface area (Å²) in [5, 5.41) is 70.4. The molecule has 1 aromatic heterocycles. The van der Waals surface area contributed by atoms with E-state index in [1.54, 1.807) is 10.9 Å². The van der Waals surface area contributed by atoms with Gasteiger partial charge in [-0.25, -0.2) is 0 Å². The fraction of sp³-hybridized carbons (Fsp3) is 0.796. The molecule has 1 fully saturated rings. The monoisotopic (exact) mass is 876 g/mol. The quantitative estimate of drug-likeness (QED) is 0.0327. The highest BCUT2D eigenvalue weighted by Crippen LogP contribution is 2.25. The number of carbonyl (C=O) groups is 1. The van der Waals surface area contributed by atoms with Crippen LogP contribution in [0.3, 0.4) is 0 Å². The molecule has 2 heterocycles. The highest BCUT2D eigenvalue weighted by Gasteiger charge is 2.44. The van der Waals surface area contributed by atoms with E-state index in [0.29, 0.717) is 25.1 Å². The molecule has 0 saturated carbocycles. The van der Waals surface area contributed by atoms with E-state index < -0.39 is 62.2 Å². The highest BCUT2D eigenvalue weighted by molar-refractivity contribution is 5.76. The zero-order valence-electron chi connectivity index (χ0n) is 38.3. The van der Waals surface area contributed by atoms with Gasteiger partial charge in [0.1, 0.15) is 42.4 Å². The van der Waals surface area contributed by atoms with Crippen LogP contribution in [0.4, 0.5) is 0 Å². The minimum Gasteiger partial charge on any atom is -0.494 e. The van der Waals surface area contributed by atoms with Gasteiger partial charge in [-0.05, 0) is 30.5 Å². The first-order valence-electron chi connectivity index (χ1n) is 24.5. The van der Waals surface area contributed by atoms with Crippen molar-refractivity contribution in [1.82, 2.24) is 15.1 Å². The Balaban J connectivity index is 1.38. The maximum Gasteiger partial charge on any atom is 0.220 e. The highest BCUT2D eigenvalue weighted by atomic mass is 16.7. The molecule has 0 spiro atoms. The van der Waals surface area contributed by atoms with Gasteiger partial charge in [-0.1, -0.05) is 167 Å². The third-order valence-electron chi connectivity index (χ3n) is 12.2. The summed E-state index contributed by atoms with van der Waals surface area (Å²) in [5.41, 5.74) is 1.29. The molecule has 1 aliphatic rings. The largest absolute Gasteiger partial charge is 0.494 e. The maximum absolute atomic E-state index is 13.2. The molecule has 1 amide bonds. The number of hydrogen-bond donors (Lipinski definition) is 7. The predicted octanol–water partition coefficient (Wildman–Crippen LogP) is 7.80. The second-order valence-corrected chi connectivity index (χ2v) is 17.6. The fourth-order valence-electron chi connectivity index (χ4n) is 8.08. The van der Waals surface area contributed by atoms with Gasteiger partial charge in [-0.2, -0.15) is 5.10 Å². The zero-order chi connectivity index (χ0) is 44.8. The van der Waals surface area contributed by atoms with Gasteiger partial charge in [0, 0.05) is 18.2 Å². The first-order valence-corrected chi connectivity index (χ1v) is 24.5. The van der Waals surface area contributed by atoms with Crippen LogP contribution in [-0.2, 0) is 20.8 Å². The molecule has 0 radical (unpaired) electrons. The number of aliphatic hydroxyl groups excluding tert-OH is 6. The average Bonchev–Trinajstić information content (AvgIpc) is 3.75. The van der Waals surface area contributed by atoms with Crippen LogP contribution < -0.4 is 10.1 Å². The van der Waals surface area contributed by atoms with E-state index in [2.05, 4.69) is 24.3 Å². The maximum atomic E-state index is 13.2. The molecule has 13 heteroatoms. The van der Waals surface area contributed by atoms with Crippen molar-refractivity contribution < 1.29 is 49.6 Å². The smallest absolute Gasteiger partial charge is 0.220 e. The summed E-state index contributed by atoms with van der Waals surface area (Å²) < 4.78 is 18.6. The van der Waals surface area contributed by atoms with Crippen molar-refractivity contribution in [1.29, 1.82) is 0 Å². The Morgan fingerprint density at radius 3 is 1.77 bits per heavy atom. The number of benzene rings is 1. The number of rotatable bonds is 37. The lowest BCUT2D eigenvalue weighted by Crippen LogP contribution is -2.60. The van der Waals surface area contributed by atoms with Crippen molar-refractivity contribution in [3.05, 3.63) is 47.8 Å². The van der Waals surface area contributed by atoms with Crippen LogP contribution >= 0.6 is 0 Å². The Morgan fingerprint density at radius 2 is 1.24 bits per heavy atom. The lowest BCUT2D eigenvalue weighted by atomic mass is 9.99. The lowest BCUT2D eigenvalue weighted by Gasteiger charge is -2.40. The predicted molar refractivity (Wildman–Crippen MR) is 243 cm³/mol. The average molecular weight is 876 g/mol. The van der Waals surface area contributed by atoms with Gasteiger partial charge in [0.15, 0.2) is 6.29 Å². The number of nitrogens with zero attached hydrogens (tertiary/aromatic N) is 2. The summed E-state index contributed by atoms with van der Waals surface area (Å²) in [6.45, 7) is 4.47. The Bertz CT molecular complexity index is 1390. The molecule has 356 valence electrons. The van der Waals surface area contributed by atoms with E-state index in [9.17, 15) is 35.4 Å². The summed E-state index contributed by atoms with van der Waals surface area (Å²) in [4.78, 5) is 13.2. The molecular formula is C49H85N3O10. The Labute approximate surface area is 373 Å². The number of carbonyl (C=O) groups excluding carboxylic acids is 1. The molecular weight excluding hydrogens is 791 g/mol. The fourth-order valence-corrected chi connectivity index (χ4v) is 8.08. The van der Waals surface area contributed by atoms with Crippen molar-refractivity contribution >= 4 is 5.91 Å². The zero-order valence-corrected chi connectivity index (χ0v) is 38.3. The number of nitrogens with one attached hydrogen (secondary N) is 1. The SMILES string of the molecule is CCCCCCCCCCCCCCCCCCCCCCCC(=O)N[C@@H](CO[C@H]1O[C@H](CO)[C@H](O)[C@H](O)[C@H]1O)[C@H](O)[C@H](O)c1cnn(Cc2ccc(OCCCCC)cc2)c1. The van der Waals surface area contributed by atoms with Crippen molar-refractivity contribution in [3.8, 4) is 5.75 Å². The van der Waals surface area contributed by atoms with Crippen LogP contribution in [0.1, 0.15) is 192 Å². The standard InChI is InChI=1S/C49H85N3O10/c1-3-5-7-8-9-10-11-12-13-14-15-16-17-18-19-20-21-22-23-24-25-27-43(54)51-41(37-61-49-48(59)47(58)46(57)42(36-53)62-49)45(56)44(55)39-33-50-52(35-39)34-38-28-30-40(31-29-38)60-32-26-6-4-2/h28-31,33,35,41-42,44-49,53,55-59H,3-27,32,34,36-37H2,1-2H3,(H,51,54)/t41-,42+,44+,45-,46-,47-,48+,49-/m0/s1. The van der Waals surface area contributed by atoms with E-state index in [4.69, 9.17) is 14.2 Å². The summed E-state index contributed by atoms with van der Waals surface area (Å²) >= 11 is 0. The molecule has 2 aromatic rings. The number of amides is 1. The first kappa shape index (κ1) is 53.7. The molecule has 13 nitrogen and oxygen atoms in total. The van der Waals surface area contributed by atoms with Crippen molar-refractivity contribution in [2.24, 2.45) is 0 Å². The van der Waals surface area contributed by atoms with Gasteiger partial charge >= 0.3 is 0 Å². The Hall–Kier alpha value is -2.62. The summed E-state index contributed by atoms with van der Waals surface area (Å²) in [7, 11) is 0. The van der Waals surface area contributed by atoms with E-state index in [1.165, 1.54) is 115 Å². The van der Waals surface area contributed by atoms with E-state index in [1.807, 2.05) is 24.3 Å². The van der Waals surface area contributed by atoms with Crippen molar-refractivity contribution in [2.45, 2.75) is 230 Å². The van der Waals surface area contributed by atoms with Crippen molar-refractivity contribution in [3.63, 3.8) is 0 Å². The molecule has 0 unspecified atom stereocenters. The molecule has 1 aromatic carbocycles. The minimum atomic E-state index is -1.66. The number of aliphatic hydroxyl groups is 6. The number of aromatic nitrogens is 2. The van der Waals surface area contributed by atoms with Gasteiger partial charge in [-0.15, -0.1) is 0 Å². The summed E-state index contributed by atoms with van der Waals surface area (Å²) in [5.74, 6) is 0.467. The second-order valence-electron chi connectivity index (χ2n) is 17.6. The second kappa shape index (κ2) is 32.9. The third kappa shape index (κ3) is 21.4. The van der Waals surface area contributed by atoms with Crippen LogP contribution in [-0.4, -0.2) is 109 Å². The normalized spacial score (nSPS) is 20.5. The van der Waals surface area contributed by atoms with Crippen LogP contribution in [0, 0.1) is 0 Å². The molecule has 3 rings (SSSR count). The molecule has 1 saturated heterocycles. The van der Waals surface area contributed by atoms with Gasteiger partial charge in [0.25, 0.3) is 0 Å². The summed E-state index contributed by atoms with van der Waals surface area (Å²) in [6, 6.07) is 6.58. The minimum absolute atomic E-state index is 0.221. The number of ether oxygens (including phenoxy) is 3. The molecule has 0 bridgehead atoms. The topological polar surface area (TPSA) is 196 Å². The van der Waals surface area contributed by atoms with Crippen molar-refractivity contribution in [2.75, 3.05) is 19.8 Å². The van der Waals surface area contributed by atoms with Crippen LogP contribution in [0.25, 0.3) is 0 Å². The Morgan fingerprint density at radius 1 is 0.726 bits per heavy atom. The molecule has 8 atom stereocenters. The van der Waals surface area contributed by atoms with E-state index >= 15 is 0 Å². The number of hydrogen-bond acceptors (Lipinski definition) is 11. The van der Waals surface area contributed by atoms with Crippen LogP contribution in [0.15, 0.2) is 36.7 Å². The Kier molecular flexibility index (Phi) is 28.5. The molecule has 7 N–H and O–H groups in total.